The van der Waals surface area contributed by atoms with E-state index in [0.717, 1.165) is 12.8 Å². The van der Waals surface area contributed by atoms with Crippen LogP contribution >= 0.6 is 0 Å². The maximum atomic E-state index is 10.4. The summed E-state index contributed by atoms with van der Waals surface area (Å²) in [6, 6.07) is 0. The van der Waals surface area contributed by atoms with E-state index in [2.05, 4.69) is 6.92 Å². The normalized spacial score (nSPS) is 13.7. The zero-order chi connectivity index (χ0) is 14.6. The van der Waals surface area contributed by atoms with Crippen molar-refractivity contribution in [2.45, 2.75) is 71.9 Å². The Hall–Kier alpha value is 0.0569. The highest BCUT2D eigenvalue weighted by molar-refractivity contribution is 6.62. The van der Waals surface area contributed by atoms with Gasteiger partial charge in [-0.05, 0) is 27.2 Å². The van der Waals surface area contributed by atoms with Gasteiger partial charge < -0.3 is 18.4 Å². The second-order valence-corrected chi connectivity index (χ2v) is 7.36. The Kier molecular flexibility index (Phi) is 11.9. The minimum absolute atomic E-state index is 0.513. The molecule has 0 fully saturated rings. The molecule has 0 aromatic rings. The maximum Gasteiger partial charge on any atom is 0.531 e. The first-order valence-electron chi connectivity index (χ1n) is 7.76. The highest BCUT2D eigenvalue weighted by atomic mass is 28.4. The molecule has 0 aliphatic rings. The maximum absolute atomic E-state index is 10.4. The Morgan fingerprint density at radius 3 is 1.68 bits per heavy atom. The number of hydrogen-bond donors (Lipinski definition) is 1. The summed E-state index contributed by atoms with van der Waals surface area (Å²) in [5.74, 6) is 0. The third-order valence-electron chi connectivity index (χ3n) is 3.03. The first kappa shape index (κ1) is 19.1. The molecule has 0 aromatic carbocycles. The molecule has 116 valence electrons. The van der Waals surface area contributed by atoms with Crippen molar-refractivity contribution in [1.82, 2.24) is 0 Å². The number of aliphatic hydroxyl groups excluding tert-OH is 1. The van der Waals surface area contributed by atoms with Crippen molar-refractivity contribution < 1.29 is 18.4 Å². The van der Waals surface area contributed by atoms with Crippen molar-refractivity contribution in [1.29, 1.82) is 0 Å². The molecule has 1 unspecified atom stereocenters. The second kappa shape index (κ2) is 11.8. The summed E-state index contributed by atoms with van der Waals surface area (Å²) in [4.78, 5) is 0. The smallest absolute Gasteiger partial charge is 0.389 e. The zero-order valence-corrected chi connectivity index (χ0v) is 14.1. The number of rotatable bonds is 13. The molecule has 1 atom stereocenters. The van der Waals surface area contributed by atoms with Crippen LogP contribution in [0, 0.1) is 0 Å². The molecule has 0 radical (unpaired) electrons. The molecule has 4 nitrogen and oxygen atoms in total. The molecule has 0 aliphatic carbocycles. The molecule has 0 rings (SSSR count). The van der Waals surface area contributed by atoms with Gasteiger partial charge in [0, 0.05) is 19.8 Å². The topological polar surface area (TPSA) is 47.9 Å². The minimum atomic E-state index is -2.91. The van der Waals surface area contributed by atoms with E-state index in [1.54, 1.807) is 0 Å². The summed E-state index contributed by atoms with van der Waals surface area (Å²) in [5.41, 5.74) is -0.603. The summed E-state index contributed by atoms with van der Waals surface area (Å²) in [6.45, 7) is 9.47. The second-order valence-electron chi connectivity index (χ2n) is 4.62. The van der Waals surface area contributed by atoms with Gasteiger partial charge in [-0.15, -0.1) is 0 Å². The first-order valence-corrected chi connectivity index (χ1v) is 9.56. The third-order valence-corrected chi connectivity index (χ3v) is 6.20. The monoisotopic (exact) mass is 292 g/mol. The average molecular weight is 292 g/mol. The zero-order valence-electron chi connectivity index (χ0n) is 13.1. The van der Waals surface area contributed by atoms with Gasteiger partial charge >= 0.3 is 8.80 Å². The number of unbranched alkanes of at least 4 members (excludes halogenated alkanes) is 4. The lowest BCUT2D eigenvalue weighted by atomic mass is 10.1. The van der Waals surface area contributed by atoms with Crippen LogP contribution in [0.1, 0.15) is 66.2 Å². The quantitative estimate of drug-likeness (QED) is 0.418. The van der Waals surface area contributed by atoms with E-state index in [0.29, 0.717) is 26.2 Å². The fraction of sp³-hybridized carbons (Fsp3) is 1.00. The lowest BCUT2D eigenvalue weighted by molar-refractivity contribution is 0.0192. The molecule has 19 heavy (non-hydrogen) atoms. The Bertz CT molecular complexity index is 185. The van der Waals surface area contributed by atoms with Crippen molar-refractivity contribution in [2.24, 2.45) is 0 Å². The summed E-state index contributed by atoms with van der Waals surface area (Å²) < 4.78 is 17.1. The van der Waals surface area contributed by atoms with Crippen molar-refractivity contribution in [3.05, 3.63) is 0 Å². The van der Waals surface area contributed by atoms with E-state index < -0.39 is 14.5 Å². The predicted octanol–water partition coefficient (Wildman–Crippen LogP) is 3.30. The fourth-order valence-corrected chi connectivity index (χ4v) is 4.73. The molecule has 0 aromatic heterocycles. The predicted molar refractivity (Wildman–Crippen MR) is 80.0 cm³/mol. The molecule has 0 aliphatic heterocycles. The lowest BCUT2D eigenvalue weighted by Crippen LogP contribution is -2.56. The van der Waals surface area contributed by atoms with E-state index in [1.165, 1.54) is 19.3 Å². The van der Waals surface area contributed by atoms with Crippen LogP contribution in [0.2, 0.25) is 0 Å². The fourth-order valence-electron chi connectivity index (χ4n) is 2.14. The summed E-state index contributed by atoms with van der Waals surface area (Å²) in [7, 11) is -2.91. The molecule has 0 amide bonds. The van der Waals surface area contributed by atoms with E-state index in [9.17, 15) is 5.11 Å². The number of aliphatic hydroxyl groups is 1. The van der Waals surface area contributed by atoms with Crippen LogP contribution in [0.4, 0.5) is 0 Å². The van der Waals surface area contributed by atoms with Crippen LogP contribution in [0.5, 0.6) is 0 Å². The largest absolute Gasteiger partial charge is 0.531 e. The average Bonchev–Trinajstić information content (AvgIpc) is 2.39. The molecular formula is C14H32O4Si. The van der Waals surface area contributed by atoms with Crippen LogP contribution in [0.25, 0.3) is 0 Å². The number of hydrogen-bond acceptors (Lipinski definition) is 4. The molecule has 0 saturated heterocycles. The highest BCUT2D eigenvalue weighted by Crippen LogP contribution is 2.20. The molecule has 0 saturated carbocycles. The van der Waals surface area contributed by atoms with E-state index in [-0.39, 0.29) is 0 Å². The third kappa shape index (κ3) is 7.42. The van der Waals surface area contributed by atoms with Crippen LogP contribution in [0.15, 0.2) is 0 Å². The van der Waals surface area contributed by atoms with E-state index in [1.807, 2.05) is 20.8 Å². The molecule has 0 spiro atoms. The van der Waals surface area contributed by atoms with Gasteiger partial charge in [0.2, 0.25) is 0 Å². The summed E-state index contributed by atoms with van der Waals surface area (Å²) in [5, 5.41) is 10.4. The Labute approximate surface area is 119 Å². The van der Waals surface area contributed by atoms with Gasteiger partial charge in [-0.1, -0.05) is 39.0 Å². The van der Waals surface area contributed by atoms with Gasteiger partial charge in [0.25, 0.3) is 0 Å². The van der Waals surface area contributed by atoms with Crippen molar-refractivity contribution >= 4 is 8.80 Å². The summed E-state index contributed by atoms with van der Waals surface area (Å²) >= 11 is 0. The van der Waals surface area contributed by atoms with Crippen molar-refractivity contribution in [2.75, 3.05) is 19.8 Å². The lowest BCUT2D eigenvalue weighted by Gasteiger charge is -2.32. The van der Waals surface area contributed by atoms with Crippen LogP contribution in [0.3, 0.4) is 0 Å². The molecule has 0 bridgehead atoms. The van der Waals surface area contributed by atoms with Gasteiger partial charge in [0.15, 0.2) is 0 Å². The first-order chi connectivity index (χ1) is 9.16. The Balaban J connectivity index is 4.30. The molecule has 1 N–H and O–H groups in total. The molecule has 5 heteroatoms. The van der Waals surface area contributed by atoms with Crippen LogP contribution < -0.4 is 0 Å². The van der Waals surface area contributed by atoms with Crippen LogP contribution in [-0.2, 0) is 13.3 Å². The molecule has 0 heterocycles. The highest BCUT2D eigenvalue weighted by Gasteiger charge is 2.48. The Morgan fingerprint density at radius 2 is 1.26 bits per heavy atom. The summed E-state index contributed by atoms with van der Waals surface area (Å²) in [6.07, 6.45) is 6.59. The van der Waals surface area contributed by atoms with Crippen molar-refractivity contribution in [3.63, 3.8) is 0 Å². The van der Waals surface area contributed by atoms with Gasteiger partial charge in [-0.2, -0.15) is 0 Å². The SMILES string of the molecule is CCCCCCCC(O)[Si](OCC)(OCC)OCC. The van der Waals surface area contributed by atoms with Gasteiger partial charge in [-0.25, -0.2) is 0 Å². The van der Waals surface area contributed by atoms with Gasteiger partial charge in [0.05, 0.1) is 0 Å². The van der Waals surface area contributed by atoms with Gasteiger partial charge in [-0.3, -0.25) is 0 Å². The van der Waals surface area contributed by atoms with Crippen molar-refractivity contribution in [3.8, 4) is 0 Å². The van der Waals surface area contributed by atoms with E-state index in [4.69, 9.17) is 13.3 Å². The van der Waals surface area contributed by atoms with Gasteiger partial charge in [0.1, 0.15) is 5.73 Å². The Morgan fingerprint density at radius 1 is 0.789 bits per heavy atom. The van der Waals surface area contributed by atoms with Crippen LogP contribution in [-0.4, -0.2) is 39.5 Å². The standard InChI is InChI=1S/C14H32O4Si/c1-5-9-10-11-12-13-14(15)19(16-6-2,17-7-3)18-8-4/h14-15H,5-13H2,1-4H3. The van der Waals surface area contributed by atoms with E-state index >= 15 is 0 Å². The minimum Gasteiger partial charge on any atom is -0.389 e. The molecular weight excluding hydrogens is 260 g/mol.